The van der Waals surface area contributed by atoms with Crippen LogP contribution in [-0.2, 0) is 10.0 Å². The summed E-state index contributed by atoms with van der Waals surface area (Å²) in [5, 5.41) is 12.1. The van der Waals surface area contributed by atoms with Crippen molar-refractivity contribution in [3.8, 4) is 5.75 Å². The Morgan fingerprint density at radius 2 is 1.96 bits per heavy atom. The van der Waals surface area contributed by atoms with Crippen LogP contribution in [0.15, 0.2) is 35.4 Å². The van der Waals surface area contributed by atoms with Gasteiger partial charge in [-0.05, 0) is 31.0 Å². The number of amides is 1. The number of carbonyl (C=O) groups is 1. The lowest BCUT2D eigenvalue weighted by Gasteiger charge is -2.19. The monoisotopic (exact) mass is 366 g/mol. The van der Waals surface area contributed by atoms with Gasteiger partial charge in [0.25, 0.3) is 5.91 Å². The zero-order valence-corrected chi connectivity index (χ0v) is 15.4. The highest BCUT2D eigenvalue weighted by Gasteiger charge is 2.20. The third kappa shape index (κ3) is 4.18. The van der Waals surface area contributed by atoms with Gasteiger partial charge in [0.1, 0.15) is 11.6 Å². The number of aromatic nitrogens is 2. The Balaban J connectivity index is 2.38. The average Bonchev–Trinajstić information content (AvgIpc) is 3.00. The molecule has 1 aromatic heterocycles. The van der Waals surface area contributed by atoms with Crippen molar-refractivity contribution in [1.82, 2.24) is 9.78 Å². The first kappa shape index (κ1) is 18.9. The lowest BCUT2D eigenvalue weighted by Crippen LogP contribution is -2.21. The van der Waals surface area contributed by atoms with Crippen LogP contribution < -0.4 is 15.2 Å². The van der Waals surface area contributed by atoms with Crippen molar-refractivity contribution in [3.63, 3.8) is 0 Å². The van der Waals surface area contributed by atoms with Crippen LogP contribution in [0.3, 0.4) is 0 Å². The zero-order valence-electron chi connectivity index (χ0n) is 14.6. The van der Waals surface area contributed by atoms with E-state index in [9.17, 15) is 13.2 Å². The van der Waals surface area contributed by atoms with Crippen LogP contribution in [0.25, 0.3) is 0 Å². The summed E-state index contributed by atoms with van der Waals surface area (Å²) in [5.41, 5.74) is 0.0685. The highest BCUT2D eigenvalue weighted by atomic mass is 32.2. The van der Waals surface area contributed by atoms with Crippen molar-refractivity contribution in [2.24, 2.45) is 11.1 Å². The van der Waals surface area contributed by atoms with Crippen molar-refractivity contribution in [2.75, 3.05) is 12.4 Å². The lowest BCUT2D eigenvalue weighted by molar-refractivity contribution is 0.102. The number of anilines is 1. The molecule has 0 aliphatic carbocycles. The van der Waals surface area contributed by atoms with Crippen LogP contribution in [0.4, 0.5) is 5.82 Å². The number of nitrogens with one attached hydrogen (secondary N) is 1. The molecule has 136 valence electrons. The minimum Gasteiger partial charge on any atom is -0.496 e. The summed E-state index contributed by atoms with van der Waals surface area (Å²) < 4.78 is 29.9. The van der Waals surface area contributed by atoms with Crippen LogP contribution in [0.1, 0.15) is 37.2 Å². The minimum atomic E-state index is -3.93. The van der Waals surface area contributed by atoms with Crippen molar-refractivity contribution in [2.45, 2.75) is 31.7 Å². The van der Waals surface area contributed by atoms with Crippen LogP contribution >= 0.6 is 0 Å². The molecule has 3 N–H and O–H groups in total. The molecule has 1 amide bonds. The number of hydrogen-bond donors (Lipinski definition) is 2. The maximum Gasteiger partial charge on any atom is 0.260 e. The molecule has 1 heterocycles. The molecule has 0 bridgehead atoms. The summed E-state index contributed by atoms with van der Waals surface area (Å²) in [7, 11) is -2.54. The van der Waals surface area contributed by atoms with E-state index < -0.39 is 15.9 Å². The van der Waals surface area contributed by atoms with Crippen molar-refractivity contribution >= 4 is 21.7 Å². The Labute approximate surface area is 147 Å². The van der Waals surface area contributed by atoms with Gasteiger partial charge in [0.2, 0.25) is 10.0 Å². The second-order valence-corrected chi connectivity index (χ2v) is 7.57. The molecule has 0 aliphatic heterocycles. The molecule has 2 aromatic rings. The first-order chi connectivity index (χ1) is 11.6. The van der Waals surface area contributed by atoms with Gasteiger partial charge >= 0.3 is 0 Å². The quantitative estimate of drug-likeness (QED) is 0.811. The highest BCUT2D eigenvalue weighted by Crippen LogP contribution is 2.25. The fourth-order valence-corrected chi connectivity index (χ4v) is 2.79. The number of hydrogen-bond acceptors (Lipinski definition) is 5. The first-order valence-corrected chi connectivity index (χ1v) is 9.25. The standard InChI is InChI=1S/C16H22N4O4S/c1-10(2)11(3)20-15(7-8-18-20)19-16(21)13-9-12(25(17,22)23)5-6-14(13)24-4/h5-11H,1-4H3,(H,19,21)(H2,17,22,23)/t11-/m0/s1. The predicted octanol–water partition coefficient (Wildman–Crippen LogP) is 2.01. The average molecular weight is 366 g/mol. The molecule has 0 saturated carbocycles. The largest absolute Gasteiger partial charge is 0.496 e. The molecule has 0 aliphatic rings. The van der Waals surface area contributed by atoms with E-state index in [1.807, 2.05) is 6.92 Å². The molecule has 0 saturated heterocycles. The van der Waals surface area contributed by atoms with Gasteiger partial charge in [0.05, 0.1) is 29.8 Å². The van der Waals surface area contributed by atoms with Crippen LogP contribution in [0, 0.1) is 5.92 Å². The number of nitrogens with zero attached hydrogens (tertiary/aromatic N) is 2. The molecule has 0 radical (unpaired) electrons. The number of primary sulfonamides is 1. The van der Waals surface area contributed by atoms with Crippen LogP contribution in [0.2, 0.25) is 0 Å². The molecule has 1 atom stereocenters. The number of nitrogens with two attached hydrogens (primary N) is 1. The fourth-order valence-electron chi connectivity index (χ4n) is 2.25. The Morgan fingerprint density at radius 3 is 2.52 bits per heavy atom. The van der Waals surface area contributed by atoms with Gasteiger partial charge in [0, 0.05) is 6.07 Å². The van der Waals surface area contributed by atoms with E-state index in [1.165, 1.54) is 25.3 Å². The molecule has 0 spiro atoms. The smallest absolute Gasteiger partial charge is 0.260 e. The van der Waals surface area contributed by atoms with E-state index in [1.54, 1.807) is 16.9 Å². The molecule has 8 nitrogen and oxygen atoms in total. The lowest BCUT2D eigenvalue weighted by atomic mass is 10.1. The number of ether oxygens (including phenoxy) is 1. The van der Waals surface area contributed by atoms with E-state index in [0.717, 1.165) is 0 Å². The van der Waals surface area contributed by atoms with E-state index in [2.05, 4.69) is 24.3 Å². The summed E-state index contributed by atoms with van der Waals surface area (Å²) in [6.45, 7) is 6.10. The summed E-state index contributed by atoms with van der Waals surface area (Å²) in [6.07, 6.45) is 1.59. The summed E-state index contributed by atoms with van der Waals surface area (Å²) in [5.74, 6) is 0.554. The van der Waals surface area contributed by atoms with Crippen molar-refractivity contribution in [1.29, 1.82) is 0 Å². The van der Waals surface area contributed by atoms with Gasteiger partial charge < -0.3 is 10.1 Å². The van der Waals surface area contributed by atoms with Gasteiger partial charge in [-0.3, -0.25) is 4.79 Å². The van der Waals surface area contributed by atoms with Gasteiger partial charge in [-0.1, -0.05) is 13.8 Å². The third-order valence-corrected chi connectivity index (χ3v) is 4.92. The molecule has 1 aromatic carbocycles. The zero-order chi connectivity index (χ0) is 18.8. The highest BCUT2D eigenvalue weighted by molar-refractivity contribution is 7.89. The molecular weight excluding hydrogens is 344 g/mol. The second-order valence-electron chi connectivity index (χ2n) is 6.01. The van der Waals surface area contributed by atoms with Crippen molar-refractivity contribution < 1.29 is 17.9 Å². The Morgan fingerprint density at radius 1 is 1.28 bits per heavy atom. The van der Waals surface area contributed by atoms with Gasteiger partial charge in [-0.15, -0.1) is 0 Å². The topological polar surface area (TPSA) is 116 Å². The number of sulfonamides is 1. The number of benzene rings is 1. The summed E-state index contributed by atoms with van der Waals surface area (Å²) in [6, 6.07) is 5.62. The van der Waals surface area contributed by atoms with E-state index in [4.69, 9.17) is 9.88 Å². The van der Waals surface area contributed by atoms with Crippen LogP contribution in [-0.4, -0.2) is 31.2 Å². The van der Waals surface area contributed by atoms with Gasteiger partial charge in [-0.2, -0.15) is 5.10 Å². The van der Waals surface area contributed by atoms with Gasteiger partial charge in [-0.25, -0.2) is 18.2 Å². The van der Waals surface area contributed by atoms with E-state index >= 15 is 0 Å². The number of carbonyl (C=O) groups excluding carboxylic acids is 1. The molecule has 0 unspecified atom stereocenters. The van der Waals surface area contributed by atoms with Gasteiger partial charge in [0.15, 0.2) is 0 Å². The second kappa shape index (κ2) is 7.24. The molecule has 25 heavy (non-hydrogen) atoms. The maximum atomic E-state index is 12.6. The predicted molar refractivity (Wildman–Crippen MR) is 94.1 cm³/mol. The molecule has 9 heteroatoms. The minimum absolute atomic E-state index is 0.0685. The fraction of sp³-hybridized carbons (Fsp3) is 0.375. The molecule has 0 fully saturated rings. The SMILES string of the molecule is COc1ccc(S(N)(=O)=O)cc1C(=O)Nc1ccnn1[C@@H](C)C(C)C. The molecule has 2 rings (SSSR count). The Bertz CT molecular complexity index is 874. The number of methoxy groups -OCH3 is 1. The third-order valence-electron chi connectivity index (χ3n) is 4.01. The Kier molecular flexibility index (Phi) is 5.48. The Hall–Kier alpha value is -2.39. The number of rotatable bonds is 6. The van der Waals surface area contributed by atoms with E-state index in [-0.39, 0.29) is 22.3 Å². The van der Waals surface area contributed by atoms with Crippen LogP contribution in [0.5, 0.6) is 5.75 Å². The molecular formula is C16H22N4O4S. The maximum absolute atomic E-state index is 12.6. The summed E-state index contributed by atoms with van der Waals surface area (Å²) >= 11 is 0. The van der Waals surface area contributed by atoms with E-state index in [0.29, 0.717) is 11.7 Å². The van der Waals surface area contributed by atoms with Crippen molar-refractivity contribution in [3.05, 3.63) is 36.0 Å². The summed E-state index contributed by atoms with van der Waals surface area (Å²) in [4.78, 5) is 12.5. The first-order valence-electron chi connectivity index (χ1n) is 7.71. The normalized spacial score (nSPS) is 12.9.